The van der Waals surface area contributed by atoms with Crippen molar-refractivity contribution in [3.8, 4) is 0 Å². The van der Waals surface area contributed by atoms with Gasteiger partial charge in [0.05, 0.1) is 12.0 Å². The Morgan fingerprint density at radius 1 is 1.19 bits per heavy atom. The van der Waals surface area contributed by atoms with Crippen LogP contribution in [0.2, 0.25) is 0 Å². The lowest BCUT2D eigenvalue weighted by Gasteiger charge is -2.54. The molecule has 0 radical (unpaired) electrons. The van der Waals surface area contributed by atoms with Crippen LogP contribution in [0, 0.1) is 5.41 Å². The summed E-state index contributed by atoms with van der Waals surface area (Å²) in [5, 5.41) is 0. The molecule has 4 nitrogen and oxygen atoms in total. The van der Waals surface area contributed by atoms with Crippen LogP contribution in [-0.4, -0.2) is 24.2 Å². The SMILES string of the molecule is CC1(C)CCC2(CC1)CC(=O)N2S(=O)(=O)Cl. The highest BCUT2D eigenvalue weighted by Crippen LogP contribution is 2.50. The zero-order chi connectivity index (χ0) is 12.2. The number of hydrogen-bond donors (Lipinski definition) is 0. The van der Waals surface area contributed by atoms with Crippen LogP contribution in [0.5, 0.6) is 0 Å². The lowest BCUT2D eigenvalue weighted by atomic mass is 9.65. The number of carbonyl (C=O) groups excluding carboxylic acids is 1. The maximum atomic E-state index is 11.4. The van der Waals surface area contributed by atoms with Crippen molar-refractivity contribution in [2.75, 3.05) is 0 Å². The van der Waals surface area contributed by atoms with Gasteiger partial charge in [-0.05, 0) is 31.1 Å². The molecule has 0 atom stereocenters. The topological polar surface area (TPSA) is 54.5 Å². The Morgan fingerprint density at radius 3 is 2.06 bits per heavy atom. The van der Waals surface area contributed by atoms with Crippen molar-refractivity contribution in [2.24, 2.45) is 5.41 Å². The molecule has 6 heteroatoms. The number of hydrogen-bond acceptors (Lipinski definition) is 3. The van der Waals surface area contributed by atoms with Crippen molar-refractivity contribution in [1.29, 1.82) is 0 Å². The van der Waals surface area contributed by atoms with E-state index in [2.05, 4.69) is 13.8 Å². The van der Waals surface area contributed by atoms with Gasteiger partial charge < -0.3 is 0 Å². The second kappa shape index (κ2) is 3.35. The Hall–Kier alpha value is -0.290. The van der Waals surface area contributed by atoms with Crippen LogP contribution in [-0.2, 0) is 14.0 Å². The second-order valence-electron chi connectivity index (χ2n) is 5.67. The first-order chi connectivity index (χ1) is 7.16. The van der Waals surface area contributed by atoms with Gasteiger partial charge in [-0.15, -0.1) is 0 Å². The van der Waals surface area contributed by atoms with Crippen molar-refractivity contribution in [2.45, 2.75) is 51.5 Å². The summed E-state index contributed by atoms with van der Waals surface area (Å²) in [5.74, 6) is -0.366. The molecule has 1 aliphatic heterocycles. The summed E-state index contributed by atoms with van der Waals surface area (Å²) in [6.45, 7) is 4.33. The van der Waals surface area contributed by atoms with Gasteiger partial charge in [-0.1, -0.05) is 13.8 Å². The van der Waals surface area contributed by atoms with Gasteiger partial charge in [0.2, 0.25) is 5.91 Å². The van der Waals surface area contributed by atoms with Gasteiger partial charge in [0.25, 0.3) is 0 Å². The molecule has 1 heterocycles. The average molecular weight is 266 g/mol. The third kappa shape index (κ3) is 1.84. The van der Waals surface area contributed by atoms with E-state index in [1.165, 1.54) is 0 Å². The van der Waals surface area contributed by atoms with Crippen LogP contribution in [0.15, 0.2) is 0 Å². The minimum atomic E-state index is -3.90. The largest absolute Gasteiger partial charge is 0.324 e. The van der Waals surface area contributed by atoms with Crippen molar-refractivity contribution >= 4 is 25.8 Å². The van der Waals surface area contributed by atoms with Gasteiger partial charge in [-0.3, -0.25) is 4.79 Å². The van der Waals surface area contributed by atoms with Gasteiger partial charge in [0.15, 0.2) is 0 Å². The smallest absolute Gasteiger partial charge is 0.274 e. The number of β-lactam (4-membered cyclic amide) rings is 1. The van der Waals surface area contributed by atoms with Crippen LogP contribution >= 0.6 is 10.7 Å². The highest BCUT2D eigenvalue weighted by Gasteiger charge is 2.57. The normalized spacial score (nSPS) is 27.9. The third-order valence-corrected chi connectivity index (χ3v) is 5.33. The quantitative estimate of drug-likeness (QED) is 0.539. The number of rotatable bonds is 1. The summed E-state index contributed by atoms with van der Waals surface area (Å²) in [4.78, 5) is 11.4. The first-order valence-corrected chi connectivity index (χ1v) is 7.71. The maximum Gasteiger partial charge on any atom is 0.324 e. The summed E-state index contributed by atoms with van der Waals surface area (Å²) in [7, 11) is 1.40. The number of nitrogens with zero attached hydrogens (tertiary/aromatic N) is 1. The van der Waals surface area contributed by atoms with Crippen molar-refractivity contribution < 1.29 is 13.2 Å². The minimum absolute atomic E-state index is 0.242. The van der Waals surface area contributed by atoms with Crippen LogP contribution in [0.1, 0.15) is 46.0 Å². The molecule has 2 rings (SSSR count). The number of carbonyl (C=O) groups is 1. The summed E-state index contributed by atoms with van der Waals surface area (Å²) in [6.07, 6.45) is 3.66. The zero-order valence-corrected chi connectivity index (χ0v) is 11.1. The molecule has 0 aromatic rings. The molecule has 1 amide bonds. The van der Waals surface area contributed by atoms with Crippen molar-refractivity contribution in [3.63, 3.8) is 0 Å². The monoisotopic (exact) mass is 265 g/mol. The summed E-state index contributed by atoms with van der Waals surface area (Å²) in [6, 6.07) is 0. The standard InChI is InChI=1S/C10H16ClNO3S/c1-9(2)3-5-10(6-4-9)7-8(13)12(10)16(11,14)15/h3-7H2,1-2H3. The minimum Gasteiger partial charge on any atom is -0.274 e. The number of amides is 1. The van der Waals surface area contributed by atoms with E-state index in [0.29, 0.717) is 6.42 Å². The highest BCUT2D eigenvalue weighted by atomic mass is 35.7. The lowest BCUT2D eigenvalue weighted by molar-refractivity contribution is -0.149. The van der Waals surface area contributed by atoms with E-state index >= 15 is 0 Å². The van der Waals surface area contributed by atoms with Gasteiger partial charge in [-0.2, -0.15) is 8.42 Å². The molecule has 2 aliphatic rings. The summed E-state index contributed by atoms with van der Waals surface area (Å²) < 4.78 is 23.6. The van der Waals surface area contributed by atoms with Gasteiger partial charge in [0, 0.05) is 10.7 Å². The van der Waals surface area contributed by atoms with E-state index < -0.39 is 14.8 Å². The molecular weight excluding hydrogens is 250 g/mol. The maximum absolute atomic E-state index is 11.4. The molecule has 1 saturated carbocycles. The predicted octanol–water partition coefficient (Wildman–Crippen LogP) is 2.04. The van der Waals surface area contributed by atoms with Gasteiger partial charge >= 0.3 is 9.24 Å². The van der Waals surface area contributed by atoms with Crippen molar-refractivity contribution in [1.82, 2.24) is 4.31 Å². The molecular formula is C10H16ClNO3S. The molecule has 0 aromatic carbocycles. The molecule has 0 N–H and O–H groups in total. The summed E-state index contributed by atoms with van der Waals surface area (Å²) in [5.41, 5.74) is -0.265. The van der Waals surface area contributed by atoms with E-state index in [1.54, 1.807) is 0 Å². The Balaban J connectivity index is 2.20. The highest BCUT2D eigenvalue weighted by molar-refractivity contribution is 8.12. The molecule has 0 aromatic heterocycles. The predicted molar refractivity (Wildman–Crippen MR) is 61.2 cm³/mol. The third-order valence-electron chi connectivity index (χ3n) is 3.89. The van der Waals surface area contributed by atoms with E-state index in [0.717, 1.165) is 30.0 Å². The molecule has 1 saturated heterocycles. The molecule has 16 heavy (non-hydrogen) atoms. The first kappa shape index (κ1) is 12.2. The zero-order valence-electron chi connectivity index (χ0n) is 9.49. The molecule has 1 spiro atoms. The first-order valence-electron chi connectivity index (χ1n) is 5.44. The molecule has 1 aliphatic carbocycles. The Morgan fingerprint density at radius 2 is 1.69 bits per heavy atom. The van der Waals surface area contributed by atoms with Gasteiger partial charge in [-0.25, -0.2) is 4.31 Å². The molecule has 2 fully saturated rings. The van der Waals surface area contributed by atoms with Gasteiger partial charge in [0.1, 0.15) is 0 Å². The molecule has 0 unspecified atom stereocenters. The lowest BCUT2D eigenvalue weighted by Crippen LogP contribution is -2.65. The molecule has 92 valence electrons. The fourth-order valence-corrected chi connectivity index (χ4v) is 4.41. The van der Waals surface area contributed by atoms with Crippen LogP contribution in [0.25, 0.3) is 0 Å². The Labute approximate surface area is 101 Å². The van der Waals surface area contributed by atoms with Crippen LogP contribution in [0.3, 0.4) is 0 Å². The number of halogens is 1. The Kier molecular flexibility index (Phi) is 2.55. The second-order valence-corrected chi connectivity index (χ2v) is 8.02. The van der Waals surface area contributed by atoms with Crippen LogP contribution in [0.4, 0.5) is 0 Å². The fourth-order valence-electron chi connectivity index (χ4n) is 2.72. The van der Waals surface area contributed by atoms with E-state index in [4.69, 9.17) is 10.7 Å². The summed E-state index contributed by atoms with van der Waals surface area (Å²) >= 11 is 0. The van der Waals surface area contributed by atoms with Crippen LogP contribution < -0.4 is 0 Å². The van der Waals surface area contributed by atoms with E-state index in [1.807, 2.05) is 0 Å². The van der Waals surface area contributed by atoms with E-state index in [-0.39, 0.29) is 11.3 Å². The fraction of sp³-hybridized carbons (Fsp3) is 0.900. The molecule has 0 bridgehead atoms. The Bertz CT molecular complexity index is 419. The van der Waals surface area contributed by atoms with E-state index in [9.17, 15) is 13.2 Å². The average Bonchev–Trinajstić information content (AvgIpc) is 2.05. The van der Waals surface area contributed by atoms with Crippen molar-refractivity contribution in [3.05, 3.63) is 0 Å².